The van der Waals surface area contributed by atoms with Gasteiger partial charge in [0.15, 0.2) is 5.75 Å². The molecule has 0 aromatic heterocycles. The molecule has 23 heavy (non-hydrogen) atoms. The largest absolute Gasteiger partial charge is 0.461 e. The van der Waals surface area contributed by atoms with Crippen molar-refractivity contribution in [1.82, 2.24) is 0 Å². The molecule has 0 unspecified atom stereocenters. The van der Waals surface area contributed by atoms with E-state index in [4.69, 9.17) is 44.3 Å². The Hall–Kier alpha value is -1.23. The van der Waals surface area contributed by atoms with Gasteiger partial charge in [-0.15, -0.1) is 0 Å². The van der Waals surface area contributed by atoms with E-state index in [0.717, 1.165) is 6.42 Å². The standard InChI is InChI=1S/C16H17Cl3O4/c1-2-3-4-8-22-14(20)6-5-7-15(21)23-16-12(18)9-11(17)10-13(16)19/h3-4,9-10H,2,5-8H2,1H3/b4-3+. The van der Waals surface area contributed by atoms with Crippen LogP contribution in [0.1, 0.15) is 32.6 Å². The number of esters is 2. The Bertz CT molecular complexity index is 562. The van der Waals surface area contributed by atoms with Crippen molar-refractivity contribution in [2.24, 2.45) is 0 Å². The van der Waals surface area contributed by atoms with Crippen LogP contribution in [0, 0.1) is 0 Å². The summed E-state index contributed by atoms with van der Waals surface area (Å²) in [7, 11) is 0. The Morgan fingerprint density at radius 3 is 2.26 bits per heavy atom. The number of carbonyl (C=O) groups is 2. The monoisotopic (exact) mass is 378 g/mol. The lowest BCUT2D eigenvalue weighted by Crippen LogP contribution is -2.10. The van der Waals surface area contributed by atoms with Crippen LogP contribution in [0.15, 0.2) is 24.3 Å². The van der Waals surface area contributed by atoms with E-state index in [9.17, 15) is 9.59 Å². The number of hydrogen-bond acceptors (Lipinski definition) is 4. The van der Waals surface area contributed by atoms with E-state index >= 15 is 0 Å². The summed E-state index contributed by atoms with van der Waals surface area (Å²) in [5, 5.41) is 0.649. The fraction of sp³-hybridized carbons (Fsp3) is 0.375. The van der Waals surface area contributed by atoms with Gasteiger partial charge in [-0.3, -0.25) is 9.59 Å². The summed E-state index contributed by atoms with van der Waals surface area (Å²) in [6, 6.07) is 2.86. The Labute approximate surface area is 150 Å². The van der Waals surface area contributed by atoms with Crippen LogP contribution in [-0.2, 0) is 14.3 Å². The van der Waals surface area contributed by atoms with Crippen LogP contribution >= 0.6 is 34.8 Å². The first-order valence-electron chi connectivity index (χ1n) is 7.09. The van der Waals surface area contributed by atoms with E-state index in [1.807, 2.05) is 13.0 Å². The topological polar surface area (TPSA) is 52.6 Å². The van der Waals surface area contributed by atoms with Gasteiger partial charge in [0, 0.05) is 17.9 Å². The minimum Gasteiger partial charge on any atom is -0.461 e. The fourth-order valence-electron chi connectivity index (χ4n) is 1.62. The van der Waals surface area contributed by atoms with E-state index < -0.39 is 5.97 Å². The molecular formula is C16H17Cl3O4. The first kappa shape index (κ1) is 19.8. The highest BCUT2D eigenvalue weighted by Gasteiger charge is 2.14. The number of hydrogen-bond donors (Lipinski definition) is 0. The van der Waals surface area contributed by atoms with Crippen molar-refractivity contribution >= 4 is 46.7 Å². The molecule has 0 aliphatic heterocycles. The number of ether oxygens (including phenoxy) is 2. The molecule has 0 saturated heterocycles. The molecular weight excluding hydrogens is 363 g/mol. The minimum absolute atomic E-state index is 0.0508. The molecule has 0 aliphatic rings. The van der Waals surface area contributed by atoms with Gasteiger partial charge in [0.05, 0.1) is 10.0 Å². The molecule has 0 fully saturated rings. The zero-order chi connectivity index (χ0) is 17.2. The van der Waals surface area contributed by atoms with Gasteiger partial charge in [-0.2, -0.15) is 0 Å². The average Bonchev–Trinajstić information content (AvgIpc) is 2.47. The van der Waals surface area contributed by atoms with Crippen molar-refractivity contribution in [3.63, 3.8) is 0 Å². The van der Waals surface area contributed by atoms with Crippen LogP contribution in [0.25, 0.3) is 0 Å². The van der Waals surface area contributed by atoms with Crippen LogP contribution in [-0.4, -0.2) is 18.5 Å². The second-order valence-corrected chi connectivity index (χ2v) is 5.84. The van der Waals surface area contributed by atoms with Gasteiger partial charge >= 0.3 is 11.9 Å². The molecule has 1 aromatic rings. The predicted octanol–water partition coefficient (Wildman–Crippen LogP) is 5.23. The lowest BCUT2D eigenvalue weighted by Gasteiger charge is -2.08. The zero-order valence-electron chi connectivity index (χ0n) is 12.6. The quantitative estimate of drug-likeness (QED) is 0.352. The second kappa shape index (κ2) is 10.5. The van der Waals surface area contributed by atoms with Crippen LogP contribution in [0.2, 0.25) is 15.1 Å². The van der Waals surface area contributed by atoms with E-state index in [1.54, 1.807) is 6.08 Å². The summed E-state index contributed by atoms with van der Waals surface area (Å²) < 4.78 is 10.1. The molecule has 7 heteroatoms. The lowest BCUT2D eigenvalue weighted by molar-refractivity contribution is -0.142. The van der Waals surface area contributed by atoms with Crippen molar-refractivity contribution in [3.05, 3.63) is 39.4 Å². The maximum atomic E-state index is 11.7. The van der Waals surface area contributed by atoms with Crippen LogP contribution in [0.4, 0.5) is 0 Å². The summed E-state index contributed by atoms with van der Waals surface area (Å²) >= 11 is 17.6. The van der Waals surface area contributed by atoms with Gasteiger partial charge in [-0.05, 0) is 25.0 Å². The molecule has 0 amide bonds. The maximum absolute atomic E-state index is 11.7. The highest BCUT2D eigenvalue weighted by molar-refractivity contribution is 6.40. The lowest BCUT2D eigenvalue weighted by atomic mass is 10.2. The van der Waals surface area contributed by atoms with Crippen molar-refractivity contribution < 1.29 is 19.1 Å². The Morgan fingerprint density at radius 1 is 1.04 bits per heavy atom. The van der Waals surface area contributed by atoms with Gasteiger partial charge in [0.25, 0.3) is 0 Å². The first-order valence-corrected chi connectivity index (χ1v) is 8.23. The van der Waals surface area contributed by atoms with Crippen LogP contribution in [0.5, 0.6) is 5.75 Å². The van der Waals surface area contributed by atoms with Crippen LogP contribution < -0.4 is 4.74 Å². The molecule has 0 heterocycles. The molecule has 0 atom stereocenters. The van der Waals surface area contributed by atoms with Crippen molar-refractivity contribution in [1.29, 1.82) is 0 Å². The van der Waals surface area contributed by atoms with E-state index in [-0.39, 0.29) is 41.2 Å². The van der Waals surface area contributed by atoms with Crippen molar-refractivity contribution in [3.8, 4) is 5.75 Å². The van der Waals surface area contributed by atoms with E-state index in [2.05, 4.69) is 0 Å². The molecule has 0 spiro atoms. The molecule has 4 nitrogen and oxygen atoms in total. The minimum atomic E-state index is -0.533. The second-order valence-electron chi connectivity index (χ2n) is 4.59. The van der Waals surface area contributed by atoms with Gasteiger partial charge in [-0.1, -0.05) is 53.9 Å². The van der Waals surface area contributed by atoms with E-state index in [0.29, 0.717) is 11.4 Å². The average molecular weight is 380 g/mol. The van der Waals surface area contributed by atoms with Gasteiger partial charge in [-0.25, -0.2) is 0 Å². The number of rotatable bonds is 8. The molecule has 1 aromatic carbocycles. The number of halogens is 3. The third kappa shape index (κ3) is 7.73. The van der Waals surface area contributed by atoms with Crippen molar-refractivity contribution in [2.45, 2.75) is 32.6 Å². The predicted molar refractivity (Wildman–Crippen MR) is 91.3 cm³/mol. The Balaban J connectivity index is 2.35. The molecule has 0 aliphatic carbocycles. The molecule has 1 rings (SSSR count). The van der Waals surface area contributed by atoms with Crippen LogP contribution in [0.3, 0.4) is 0 Å². The molecule has 126 valence electrons. The smallest absolute Gasteiger partial charge is 0.311 e. The summed E-state index contributed by atoms with van der Waals surface area (Å²) in [5.74, 6) is -0.828. The third-order valence-electron chi connectivity index (χ3n) is 2.68. The number of allylic oxidation sites excluding steroid dienone is 1. The van der Waals surface area contributed by atoms with Crippen molar-refractivity contribution in [2.75, 3.05) is 6.61 Å². The normalized spacial score (nSPS) is 10.8. The Kier molecular flexibility index (Phi) is 9.07. The first-order chi connectivity index (χ1) is 10.9. The van der Waals surface area contributed by atoms with Gasteiger partial charge in [0.1, 0.15) is 6.61 Å². The maximum Gasteiger partial charge on any atom is 0.311 e. The molecule has 0 saturated carbocycles. The Morgan fingerprint density at radius 2 is 1.65 bits per heavy atom. The highest BCUT2D eigenvalue weighted by atomic mass is 35.5. The third-order valence-corrected chi connectivity index (χ3v) is 3.46. The summed E-state index contributed by atoms with van der Waals surface area (Å²) in [4.78, 5) is 23.2. The van der Waals surface area contributed by atoms with E-state index in [1.165, 1.54) is 12.1 Å². The molecule has 0 radical (unpaired) electrons. The summed E-state index contributed by atoms with van der Waals surface area (Å²) in [6.07, 6.45) is 5.07. The molecule has 0 bridgehead atoms. The SMILES string of the molecule is CC/C=C/COC(=O)CCCC(=O)Oc1c(Cl)cc(Cl)cc1Cl. The number of carbonyl (C=O) groups excluding carboxylic acids is 2. The zero-order valence-corrected chi connectivity index (χ0v) is 14.9. The summed E-state index contributed by atoms with van der Waals surface area (Å²) in [5.41, 5.74) is 0. The fourth-order valence-corrected chi connectivity index (χ4v) is 2.51. The highest BCUT2D eigenvalue weighted by Crippen LogP contribution is 2.36. The van der Waals surface area contributed by atoms with Gasteiger partial charge in [0.2, 0.25) is 0 Å². The number of benzene rings is 1. The summed E-state index contributed by atoms with van der Waals surface area (Å²) in [6.45, 7) is 2.23. The van der Waals surface area contributed by atoms with Gasteiger partial charge < -0.3 is 9.47 Å². The molecule has 0 N–H and O–H groups in total.